The smallest absolute Gasteiger partial charge is 0.410 e. The van der Waals surface area contributed by atoms with Crippen LogP contribution in [0.3, 0.4) is 0 Å². The summed E-state index contributed by atoms with van der Waals surface area (Å²) in [6, 6.07) is 5.08. The van der Waals surface area contributed by atoms with Crippen molar-refractivity contribution in [2.24, 2.45) is 16.6 Å². The van der Waals surface area contributed by atoms with Crippen molar-refractivity contribution in [2.45, 2.75) is 84.4 Å². The van der Waals surface area contributed by atoms with Gasteiger partial charge in [-0.15, -0.1) is 0 Å². The molecule has 1 saturated carbocycles. The number of guanidine groups is 1. The summed E-state index contributed by atoms with van der Waals surface area (Å²) in [5, 5.41) is 9.24. The fraction of sp³-hybridized carbons (Fsp3) is 0.516. The van der Waals surface area contributed by atoms with Gasteiger partial charge >= 0.3 is 6.09 Å². The summed E-state index contributed by atoms with van der Waals surface area (Å²) in [7, 11) is 1.56. The Kier molecular flexibility index (Phi) is 12.7. The highest BCUT2D eigenvalue weighted by Crippen LogP contribution is 2.24. The molecular formula is C31H45FN6O3. The lowest BCUT2D eigenvalue weighted by Crippen LogP contribution is -2.50. The van der Waals surface area contributed by atoms with Crippen LogP contribution in [0, 0.1) is 23.6 Å². The van der Waals surface area contributed by atoms with Gasteiger partial charge < -0.3 is 26.4 Å². The maximum absolute atomic E-state index is 13.2. The third-order valence-corrected chi connectivity index (χ3v) is 6.44. The van der Waals surface area contributed by atoms with E-state index < -0.39 is 17.7 Å². The second kappa shape index (κ2) is 15.7. The van der Waals surface area contributed by atoms with Gasteiger partial charge in [-0.05, 0) is 77.6 Å². The van der Waals surface area contributed by atoms with Gasteiger partial charge in [-0.2, -0.15) is 0 Å². The van der Waals surface area contributed by atoms with Gasteiger partial charge in [0.05, 0.1) is 5.57 Å². The molecule has 0 saturated heterocycles. The van der Waals surface area contributed by atoms with Crippen molar-refractivity contribution in [1.82, 2.24) is 15.5 Å². The summed E-state index contributed by atoms with van der Waals surface area (Å²) in [5.74, 6) is 6.16. The normalized spacial score (nSPS) is 18.3. The molecule has 2 rings (SSSR count). The van der Waals surface area contributed by atoms with Crippen LogP contribution >= 0.6 is 0 Å². The number of ether oxygens (including phenoxy) is 1. The van der Waals surface area contributed by atoms with Gasteiger partial charge in [0, 0.05) is 43.1 Å². The molecular weight excluding hydrogens is 523 g/mol. The molecule has 1 fully saturated rings. The van der Waals surface area contributed by atoms with E-state index in [2.05, 4.69) is 46.3 Å². The number of aliphatic imine (C=N–C) groups is 1. The lowest BCUT2D eigenvalue weighted by molar-refractivity contribution is -0.126. The largest absolute Gasteiger partial charge is 0.444 e. The van der Waals surface area contributed by atoms with Gasteiger partial charge in [0.15, 0.2) is 5.96 Å². The maximum atomic E-state index is 13.2. The van der Waals surface area contributed by atoms with E-state index in [9.17, 15) is 14.0 Å². The zero-order valence-corrected chi connectivity index (χ0v) is 25.1. The van der Waals surface area contributed by atoms with Crippen molar-refractivity contribution in [3.63, 3.8) is 0 Å². The molecule has 0 radical (unpaired) electrons. The molecule has 9 nitrogen and oxygen atoms in total. The number of anilines is 1. The maximum Gasteiger partial charge on any atom is 0.410 e. The molecule has 41 heavy (non-hydrogen) atoms. The molecule has 0 bridgehead atoms. The molecule has 1 aliphatic carbocycles. The number of nitrogens with zero attached hydrogens (tertiary/aromatic N) is 2. The highest BCUT2D eigenvalue weighted by Gasteiger charge is 2.29. The van der Waals surface area contributed by atoms with E-state index in [1.54, 1.807) is 53.1 Å². The minimum absolute atomic E-state index is 0.0486. The van der Waals surface area contributed by atoms with Crippen molar-refractivity contribution >= 4 is 23.6 Å². The van der Waals surface area contributed by atoms with Crippen LogP contribution < -0.4 is 21.7 Å². The fourth-order valence-electron chi connectivity index (χ4n) is 4.03. The Morgan fingerprint density at radius 2 is 1.98 bits per heavy atom. The van der Waals surface area contributed by atoms with Crippen LogP contribution in [0.25, 0.3) is 0 Å². The van der Waals surface area contributed by atoms with Crippen LogP contribution in [-0.2, 0) is 9.53 Å². The Morgan fingerprint density at radius 3 is 2.61 bits per heavy atom. The van der Waals surface area contributed by atoms with Gasteiger partial charge in [0.25, 0.3) is 0 Å². The number of hydrogen-bond acceptors (Lipinski definition) is 5. The summed E-state index contributed by atoms with van der Waals surface area (Å²) in [5.41, 5.74) is 7.22. The summed E-state index contributed by atoms with van der Waals surface area (Å²) in [4.78, 5) is 30.9. The number of nitrogens with two attached hydrogens (primary N) is 1. The second-order valence-electron chi connectivity index (χ2n) is 11.2. The first-order valence-corrected chi connectivity index (χ1v) is 14.1. The molecule has 0 aromatic heterocycles. The van der Waals surface area contributed by atoms with E-state index in [0.29, 0.717) is 23.4 Å². The number of benzene rings is 1. The van der Waals surface area contributed by atoms with E-state index >= 15 is 0 Å². The number of hydrogen-bond donors (Lipinski definition) is 4. The number of carbonyl (C=O) groups excluding carboxylic acids is 2. The number of carbonyl (C=O) groups is 2. The number of halogens is 1. The molecule has 2 amide bonds. The van der Waals surface area contributed by atoms with Crippen LogP contribution in [0.2, 0.25) is 0 Å². The molecule has 0 heterocycles. The molecule has 5 N–H and O–H groups in total. The van der Waals surface area contributed by atoms with E-state index in [-0.39, 0.29) is 29.6 Å². The molecule has 3 atom stereocenters. The first kappa shape index (κ1) is 33.2. The van der Waals surface area contributed by atoms with Crippen molar-refractivity contribution in [3.05, 3.63) is 54.1 Å². The number of rotatable bonds is 9. The Bertz CT molecular complexity index is 1180. The summed E-state index contributed by atoms with van der Waals surface area (Å²) < 4.78 is 18.5. The molecule has 1 aromatic carbocycles. The van der Waals surface area contributed by atoms with Crippen LogP contribution in [0.15, 0.2) is 53.3 Å². The zero-order chi connectivity index (χ0) is 30.6. The molecule has 0 unspecified atom stereocenters. The average Bonchev–Trinajstić information content (AvgIpc) is 2.91. The number of nitrogens with one attached hydrogen (secondary N) is 3. The third kappa shape index (κ3) is 12.0. The number of amides is 2. The third-order valence-electron chi connectivity index (χ3n) is 6.44. The van der Waals surface area contributed by atoms with Crippen molar-refractivity contribution in [2.75, 3.05) is 18.9 Å². The van der Waals surface area contributed by atoms with E-state index in [1.807, 2.05) is 0 Å². The Labute approximate surface area is 243 Å². The van der Waals surface area contributed by atoms with Gasteiger partial charge in [-0.1, -0.05) is 31.8 Å². The Hall–Kier alpha value is -4.00. The average molecular weight is 569 g/mol. The number of likely N-dealkylation sites (N-methyl/N-ethyl adjacent to an activating group) is 1. The van der Waals surface area contributed by atoms with E-state index in [4.69, 9.17) is 10.5 Å². The Balaban J connectivity index is 2.08. The predicted molar refractivity (Wildman–Crippen MR) is 162 cm³/mol. The van der Waals surface area contributed by atoms with Crippen LogP contribution in [0.5, 0.6) is 0 Å². The lowest BCUT2D eigenvalue weighted by Gasteiger charge is -2.31. The quantitative estimate of drug-likeness (QED) is 0.146. The SMILES string of the molecule is C=C(NCCC)/C(C#C[C@@H]1CCC[C@H](NC(=O)[C@H](C)N(C)C(=O)OC(C)(C)C)C1)=C\N=C(N)Nc1ccc(F)cc1. The summed E-state index contributed by atoms with van der Waals surface area (Å²) in [6.07, 6.45) is 5.30. The van der Waals surface area contributed by atoms with Gasteiger partial charge in [0.1, 0.15) is 17.5 Å². The lowest BCUT2D eigenvalue weighted by atomic mass is 9.85. The Morgan fingerprint density at radius 1 is 1.29 bits per heavy atom. The summed E-state index contributed by atoms with van der Waals surface area (Å²) >= 11 is 0. The standard InChI is InChI=1S/C31H45FN6O3/c1-8-18-34-21(2)24(20-35-29(33)37-26-16-14-25(32)15-17-26)13-12-23-10-9-11-27(19-23)36-28(39)22(3)38(7)30(40)41-31(4,5)6/h14-17,20,22-23,27,34H,2,8-11,18-19H2,1,3-7H3,(H,36,39)(H3,33,35,37)/b24-20-/t22-,23-,27-/m0/s1. The monoisotopic (exact) mass is 568 g/mol. The molecule has 10 heteroatoms. The molecule has 0 spiro atoms. The van der Waals surface area contributed by atoms with Gasteiger partial charge in [-0.25, -0.2) is 14.2 Å². The summed E-state index contributed by atoms with van der Waals surface area (Å²) in [6.45, 7) is 13.9. The second-order valence-corrected chi connectivity index (χ2v) is 11.2. The molecule has 1 aliphatic rings. The highest BCUT2D eigenvalue weighted by molar-refractivity contribution is 5.92. The molecule has 224 valence electrons. The van der Waals surface area contributed by atoms with Crippen molar-refractivity contribution in [1.29, 1.82) is 0 Å². The van der Waals surface area contributed by atoms with Crippen molar-refractivity contribution in [3.8, 4) is 11.8 Å². The van der Waals surface area contributed by atoms with E-state index in [0.717, 1.165) is 32.2 Å². The van der Waals surface area contributed by atoms with Crippen molar-refractivity contribution < 1.29 is 18.7 Å². The molecule has 1 aromatic rings. The molecule has 0 aliphatic heterocycles. The number of allylic oxidation sites excluding steroid dienone is 1. The first-order chi connectivity index (χ1) is 19.3. The van der Waals surface area contributed by atoms with Gasteiger partial charge in [-0.3, -0.25) is 9.69 Å². The minimum Gasteiger partial charge on any atom is -0.444 e. The van der Waals surface area contributed by atoms with Gasteiger partial charge in [0.2, 0.25) is 5.91 Å². The zero-order valence-electron chi connectivity index (χ0n) is 25.1. The predicted octanol–water partition coefficient (Wildman–Crippen LogP) is 4.88. The van der Waals surface area contributed by atoms with Crippen LogP contribution in [0.1, 0.15) is 66.7 Å². The minimum atomic E-state index is -0.675. The van der Waals surface area contributed by atoms with Crippen LogP contribution in [-0.4, -0.2) is 54.1 Å². The fourth-order valence-corrected chi connectivity index (χ4v) is 4.03. The first-order valence-electron chi connectivity index (χ1n) is 14.1. The van der Waals surface area contributed by atoms with E-state index in [1.165, 1.54) is 17.0 Å². The van der Waals surface area contributed by atoms with Crippen LogP contribution in [0.4, 0.5) is 14.9 Å². The topological polar surface area (TPSA) is 121 Å². The highest BCUT2D eigenvalue weighted by atomic mass is 19.1.